The maximum atomic E-state index is 12.7. The first-order valence-electron chi connectivity index (χ1n) is 7.87. The topological polar surface area (TPSA) is 66.5 Å². The van der Waals surface area contributed by atoms with Crippen LogP contribution in [0, 0.1) is 13.8 Å². The van der Waals surface area contributed by atoms with E-state index in [-0.39, 0.29) is 23.9 Å². The van der Waals surface area contributed by atoms with Gasteiger partial charge in [0.2, 0.25) is 15.9 Å². The van der Waals surface area contributed by atoms with Gasteiger partial charge >= 0.3 is 0 Å². The summed E-state index contributed by atoms with van der Waals surface area (Å²) < 4.78 is 27.4. The Hall–Kier alpha value is -1.70. The van der Waals surface area contributed by atoms with Crippen LogP contribution in [0.15, 0.2) is 51.8 Å². The Kier molecular flexibility index (Phi) is 6.37. The van der Waals surface area contributed by atoms with Gasteiger partial charge in [-0.2, -0.15) is 4.31 Å². The third-order valence-corrected chi connectivity index (χ3v) is 6.21. The number of sulfonamides is 1. The van der Waals surface area contributed by atoms with Crippen molar-refractivity contribution in [2.75, 3.05) is 18.4 Å². The van der Waals surface area contributed by atoms with Gasteiger partial charge in [0.25, 0.3) is 0 Å². The van der Waals surface area contributed by atoms with Gasteiger partial charge in [0, 0.05) is 16.7 Å². The van der Waals surface area contributed by atoms with E-state index in [9.17, 15) is 13.2 Å². The number of amides is 1. The Morgan fingerprint density at radius 1 is 1.12 bits per heavy atom. The van der Waals surface area contributed by atoms with Crippen molar-refractivity contribution >= 4 is 37.5 Å². The Morgan fingerprint density at radius 2 is 1.68 bits per heavy atom. The molecule has 0 aromatic heterocycles. The van der Waals surface area contributed by atoms with Crippen LogP contribution in [0.5, 0.6) is 0 Å². The molecule has 0 aliphatic heterocycles. The maximum absolute atomic E-state index is 12.7. The van der Waals surface area contributed by atoms with E-state index in [4.69, 9.17) is 0 Å². The monoisotopic (exact) mass is 424 g/mol. The summed E-state index contributed by atoms with van der Waals surface area (Å²) in [6.45, 7) is 5.48. The molecule has 7 heteroatoms. The summed E-state index contributed by atoms with van der Waals surface area (Å²) in [5, 5.41) is 2.83. The Morgan fingerprint density at radius 3 is 2.20 bits per heavy atom. The molecule has 0 atom stereocenters. The van der Waals surface area contributed by atoms with Gasteiger partial charge in [-0.3, -0.25) is 4.79 Å². The lowest BCUT2D eigenvalue weighted by Gasteiger charge is -2.21. The molecule has 2 rings (SSSR count). The second-order valence-corrected chi connectivity index (χ2v) is 8.56. The maximum Gasteiger partial charge on any atom is 0.243 e. The SMILES string of the molecule is CCN(CC(=O)Nc1c(C)cc(Br)cc1C)S(=O)(=O)c1ccccc1. The molecule has 0 aliphatic carbocycles. The van der Waals surface area contributed by atoms with Crippen LogP contribution in [0.3, 0.4) is 0 Å². The second-order valence-electron chi connectivity index (χ2n) is 5.71. The molecule has 1 N–H and O–H groups in total. The van der Waals surface area contributed by atoms with Crippen molar-refractivity contribution in [2.24, 2.45) is 0 Å². The van der Waals surface area contributed by atoms with Crippen LogP contribution in [-0.4, -0.2) is 31.7 Å². The first kappa shape index (κ1) is 19.6. The number of carbonyl (C=O) groups is 1. The summed E-state index contributed by atoms with van der Waals surface area (Å²) in [5.74, 6) is -0.366. The molecule has 0 saturated carbocycles. The molecule has 0 fully saturated rings. The fourth-order valence-corrected chi connectivity index (χ4v) is 4.67. The molecule has 0 bridgehead atoms. The van der Waals surface area contributed by atoms with Gasteiger partial charge in [-0.15, -0.1) is 0 Å². The number of likely N-dealkylation sites (N-methyl/N-ethyl adjacent to an activating group) is 1. The number of hydrogen-bond donors (Lipinski definition) is 1. The van der Waals surface area contributed by atoms with Crippen LogP contribution in [0.25, 0.3) is 0 Å². The molecule has 5 nitrogen and oxygen atoms in total. The summed E-state index contributed by atoms with van der Waals surface area (Å²) in [6.07, 6.45) is 0. The number of nitrogens with zero attached hydrogens (tertiary/aromatic N) is 1. The minimum atomic E-state index is -3.70. The minimum Gasteiger partial charge on any atom is -0.324 e. The van der Waals surface area contributed by atoms with E-state index in [0.29, 0.717) is 5.69 Å². The average Bonchev–Trinajstić information content (AvgIpc) is 2.56. The van der Waals surface area contributed by atoms with Crippen molar-refractivity contribution in [1.29, 1.82) is 0 Å². The van der Waals surface area contributed by atoms with Crippen molar-refractivity contribution < 1.29 is 13.2 Å². The predicted octanol–water partition coefficient (Wildman–Crippen LogP) is 3.72. The van der Waals surface area contributed by atoms with Gasteiger partial charge in [0.15, 0.2) is 0 Å². The standard InChI is InChI=1S/C18H21BrN2O3S/c1-4-21(25(23,24)16-8-6-5-7-9-16)12-17(22)20-18-13(2)10-15(19)11-14(18)3/h5-11H,4,12H2,1-3H3,(H,20,22). The lowest BCUT2D eigenvalue weighted by Crippen LogP contribution is -2.38. The van der Waals surface area contributed by atoms with E-state index in [1.165, 1.54) is 16.4 Å². The van der Waals surface area contributed by atoms with Crippen LogP contribution in [0.2, 0.25) is 0 Å². The third-order valence-electron chi connectivity index (χ3n) is 3.82. The van der Waals surface area contributed by atoms with Crippen LogP contribution in [0.1, 0.15) is 18.1 Å². The fourth-order valence-electron chi connectivity index (χ4n) is 2.56. The highest BCUT2D eigenvalue weighted by Gasteiger charge is 2.25. The zero-order valence-electron chi connectivity index (χ0n) is 14.4. The number of halogens is 1. The Bertz CT molecular complexity index is 844. The van der Waals surface area contributed by atoms with E-state index in [1.54, 1.807) is 25.1 Å². The Labute approximate surface area is 157 Å². The molecule has 134 valence electrons. The molecule has 0 radical (unpaired) electrons. The van der Waals surface area contributed by atoms with Crippen molar-refractivity contribution in [2.45, 2.75) is 25.7 Å². The van der Waals surface area contributed by atoms with Crippen molar-refractivity contribution in [3.05, 3.63) is 58.1 Å². The van der Waals surface area contributed by atoms with Crippen LogP contribution < -0.4 is 5.32 Å². The number of carbonyl (C=O) groups excluding carboxylic acids is 1. The normalized spacial score (nSPS) is 11.6. The first-order valence-corrected chi connectivity index (χ1v) is 10.1. The molecule has 2 aromatic rings. The van der Waals surface area contributed by atoms with E-state index >= 15 is 0 Å². The molecule has 0 spiro atoms. The van der Waals surface area contributed by atoms with Crippen LogP contribution >= 0.6 is 15.9 Å². The molecule has 1 amide bonds. The Balaban J connectivity index is 2.19. The molecule has 0 unspecified atom stereocenters. The summed E-state index contributed by atoms with van der Waals surface area (Å²) >= 11 is 3.42. The number of aryl methyl sites for hydroxylation is 2. The summed E-state index contributed by atoms with van der Waals surface area (Å²) in [5.41, 5.74) is 2.53. The highest BCUT2D eigenvalue weighted by molar-refractivity contribution is 9.10. The largest absolute Gasteiger partial charge is 0.324 e. The minimum absolute atomic E-state index is 0.181. The van der Waals surface area contributed by atoms with Gasteiger partial charge in [-0.05, 0) is 49.2 Å². The number of anilines is 1. The molecule has 2 aromatic carbocycles. The van der Waals surface area contributed by atoms with Crippen LogP contribution in [-0.2, 0) is 14.8 Å². The van der Waals surface area contributed by atoms with Gasteiger partial charge in [-0.25, -0.2) is 8.42 Å². The van der Waals surface area contributed by atoms with Crippen molar-refractivity contribution in [1.82, 2.24) is 4.31 Å². The smallest absolute Gasteiger partial charge is 0.243 e. The van der Waals surface area contributed by atoms with Crippen molar-refractivity contribution in [3.8, 4) is 0 Å². The summed E-state index contributed by atoms with van der Waals surface area (Å²) in [4.78, 5) is 12.6. The summed E-state index contributed by atoms with van der Waals surface area (Å²) in [7, 11) is -3.70. The zero-order valence-corrected chi connectivity index (χ0v) is 16.8. The molecule has 0 heterocycles. The van der Waals surface area contributed by atoms with Crippen molar-refractivity contribution in [3.63, 3.8) is 0 Å². The number of nitrogens with one attached hydrogen (secondary N) is 1. The number of rotatable bonds is 6. The van der Waals surface area contributed by atoms with Gasteiger partial charge in [0.1, 0.15) is 0 Å². The first-order chi connectivity index (χ1) is 11.8. The lowest BCUT2D eigenvalue weighted by molar-refractivity contribution is -0.116. The quantitative estimate of drug-likeness (QED) is 0.767. The fraction of sp³-hybridized carbons (Fsp3) is 0.278. The third kappa shape index (κ3) is 4.68. The van der Waals surface area contributed by atoms with Gasteiger partial charge < -0.3 is 5.32 Å². The zero-order chi connectivity index (χ0) is 18.6. The molecular formula is C18H21BrN2O3S. The van der Waals surface area contributed by atoms with E-state index in [2.05, 4.69) is 21.2 Å². The average molecular weight is 425 g/mol. The molecular weight excluding hydrogens is 404 g/mol. The van der Waals surface area contributed by atoms with E-state index < -0.39 is 10.0 Å². The molecule has 0 saturated heterocycles. The molecule has 25 heavy (non-hydrogen) atoms. The highest BCUT2D eigenvalue weighted by Crippen LogP contribution is 2.25. The van der Waals surface area contributed by atoms with E-state index in [0.717, 1.165) is 15.6 Å². The van der Waals surface area contributed by atoms with Crippen LogP contribution in [0.4, 0.5) is 5.69 Å². The summed E-state index contributed by atoms with van der Waals surface area (Å²) in [6, 6.07) is 11.9. The highest BCUT2D eigenvalue weighted by atomic mass is 79.9. The van der Waals surface area contributed by atoms with Gasteiger partial charge in [-0.1, -0.05) is 41.1 Å². The lowest BCUT2D eigenvalue weighted by atomic mass is 10.1. The molecule has 0 aliphatic rings. The number of benzene rings is 2. The van der Waals surface area contributed by atoms with Gasteiger partial charge in [0.05, 0.1) is 11.4 Å². The van der Waals surface area contributed by atoms with E-state index in [1.807, 2.05) is 26.0 Å². The number of hydrogen-bond acceptors (Lipinski definition) is 3. The second kappa shape index (κ2) is 8.12. The predicted molar refractivity (Wildman–Crippen MR) is 103 cm³/mol.